The molecule has 2 saturated heterocycles. The van der Waals surface area contributed by atoms with E-state index in [0.717, 1.165) is 17.3 Å². The van der Waals surface area contributed by atoms with Crippen LogP contribution in [0.15, 0.2) is 0 Å². The third-order valence-electron chi connectivity index (χ3n) is 4.53. The first-order valence-electron chi connectivity index (χ1n) is 5.38. The average molecular weight is 166 g/mol. The van der Waals surface area contributed by atoms with Crippen molar-refractivity contribution in [3.63, 3.8) is 0 Å². The minimum atomic E-state index is 0.635. The van der Waals surface area contributed by atoms with E-state index in [0.29, 0.717) is 12.2 Å². The van der Waals surface area contributed by atoms with E-state index in [-0.39, 0.29) is 0 Å². The third kappa shape index (κ3) is 0.736. The molecule has 3 aliphatic rings. The Labute approximate surface area is 74.5 Å². The second-order valence-electron chi connectivity index (χ2n) is 5.28. The molecule has 12 heavy (non-hydrogen) atoms. The van der Waals surface area contributed by atoms with Crippen LogP contribution in [0.5, 0.6) is 0 Å². The Hall–Kier alpha value is -0.0400. The van der Waals surface area contributed by atoms with Crippen molar-refractivity contribution in [3.05, 3.63) is 0 Å². The molecule has 2 aliphatic heterocycles. The Bertz CT molecular complexity index is 211. The lowest BCUT2D eigenvalue weighted by Crippen LogP contribution is -2.29. The van der Waals surface area contributed by atoms with Crippen LogP contribution in [-0.2, 0) is 4.74 Å². The number of ether oxygens (including phenoxy) is 1. The number of rotatable bonds is 1. The lowest BCUT2D eigenvalue weighted by Gasteiger charge is -2.30. The van der Waals surface area contributed by atoms with Gasteiger partial charge in [0.25, 0.3) is 0 Å². The normalized spacial score (nSPS) is 55.8. The minimum Gasteiger partial charge on any atom is -0.375 e. The molecule has 0 aromatic rings. The second-order valence-corrected chi connectivity index (χ2v) is 5.28. The lowest BCUT2D eigenvalue weighted by molar-refractivity contribution is -0.0338. The molecule has 2 heterocycles. The lowest BCUT2D eigenvalue weighted by atomic mass is 9.83. The fourth-order valence-corrected chi connectivity index (χ4v) is 3.59. The average Bonchev–Trinajstić information content (AvgIpc) is 2.63. The van der Waals surface area contributed by atoms with Crippen LogP contribution in [0.25, 0.3) is 0 Å². The van der Waals surface area contributed by atoms with Crippen molar-refractivity contribution < 1.29 is 4.74 Å². The van der Waals surface area contributed by atoms with Crippen LogP contribution in [0, 0.1) is 17.3 Å². The molecule has 4 atom stereocenters. The van der Waals surface area contributed by atoms with Gasteiger partial charge in [0.2, 0.25) is 0 Å². The smallest absolute Gasteiger partial charge is 0.0613 e. The molecule has 3 rings (SSSR count). The van der Waals surface area contributed by atoms with Gasteiger partial charge in [-0.25, -0.2) is 0 Å². The largest absolute Gasteiger partial charge is 0.375 e. The fourth-order valence-electron chi connectivity index (χ4n) is 3.59. The van der Waals surface area contributed by atoms with Crippen LogP contribution in [0.2, 0.25) is 0 Å². The summed E-state index contributed by atoms with van der Waals surface area (Å²) in [6.45, 7) is 4.79. The highest BCUT2D eigenvalue weighted by atomic mass is 16.5. The molecule has 68 valence electrons. The fraction of sp³-hybridized carbons (Fsp3) is 1.00. The molecule has 1 aliphatic carbocycles. The van der Waals surface area contributed by atoms with Crippen LogP contribution in [0.4, 0.5) is 0 Å². The molecule has 1 saturated carbocycles. The molecule has 0 aromatic heterocycles. The van der Waals surface area contributed by atoms with Crippen LogP contribution in [0.1, 0.15) is 39.5 Å². The highest BCUT2D eigenvalue weighted by molar-refractivity contribution is 5.13. The van der Waals surface area contributed by atoms with E-state index in [4.69, 9.17) is 4.74 Å². The summed E-state index contributed by atoms with van der Waals surface area (Å²) in [7, 11) is 0. The number of hydrogen-bond donors (Lipinski definition) is 0. The first-order chi connectivity index (χ1) is 5.72. The van der Waals surface area contributed by atoms with Crippen molar-refractivity contribution >= 4 is 0 Å². The molecule has 1 heteroatoms. The summed E-state index contributed by atoms with van der Waals surface area (Å²) in [5.74, 6) is 1.82. The monoisotopic (exact) mass is 166 g/mol. The van der Waals surface area contributed by atoms with Crippen molar-refractivity contribution in [2.24, 2.45) is 17.3 Å². The topological polar surface area (TPSA) is 9.23 Å². The highest BCUT2D eigenvalue weighted by Crippen LogP contribution is 2.68. The maximum atomic E-state index is 5.93. The number of hydrogen-bond acceptors (Lipinski definition) is 1. The van der Waals surface area contributed by atoms with Crippen LogP contribution < -0.4 is 0 Å². The van der Waals surface area contributed by atoms with Gasteiger partial charge >= 0.3 is 0 Å². The van der Waals surface area contributed by atoms with Crippen molar-refractivity contribution in [1.29, 1.82) is 0 Å². The molecular formula is C11H18O. The zero-order valence-corrected chi connectivity index (χ0v) is 8.05. The van der Waals surface area contributed by atoms with Crippen molar-refractivity contribution in [1.82, 2.24) is 0 Å². The molecule has 3 fully saturated rings. The van der Waals surface area contributed by atoms with Gasteiger partial charge in [0.05, 0.1) is 12.2 Å². The van der Waals surface area contributed by atoms with Gasteiger partial charge in [0.1, 0.15) is 0 Å². The van der Waals surface area contributed by atoms with E-state index in [1.54, 1.807) is 0 Å². The molecule has 1 nitrogen and oxygen atoms in total. The van der Waals surface area contributed by atoms with Crippen LogP contribution in [0.3, 0.4) is 0 Å². The summed E-state index contributed by atoms with van der Waals surface area (Å²) in [5, 5.41) is 0. The highest BCUT2D eigenvalue weighted by Gasteiger charge is 2.64. The third-order valence-corrected chi connectivity index (χ3v) is 4.53. The molecule has 0 aromatic carbocycles. The van der Waals surface area contributed by atoms with Gasteiger partial charge in [-0.2, -0.15) is 0 Å². The molecule has 0 unspecified atom stereocenters. The van der Waals surface area contributed by atoms with Gasteiger partial charge in [-0.05, 0) is 42.9 Å². The van der Waals surface area contributed by atoms with E-state index in [1.807, 2.05) is 0 Å². The SMILES string of the molecule is CC(C)[C@]12C[C@H]3CC[C@H](O3)[C@H]1C2. The second kappa shape index (κ2) is 2.06. The van der Waals surface area contributed by atoms with E-state index in [2.05, 4.69) is 13.8 Å². The standard InChI is InChI=1S/C11H18O/c1-7(2)11-5-8-3-4-10(12-8)9(11)6-11/h7-10H,3-6H2,1-2H3/t8-,9-,10+,11-/m1/s1. The molecular weight excluding hydrogens is 148 g/mol. The van der Waals surface area contributed by atoms with Gasteiger partial charge in [-0.1, -0.05) is 13.8 Å². The van der Waals surface area contributed by atoms with E-state index in [1.165, 1.54) is 25.7 Å². The van der Waals surface area contributed by atoms with Crippen LogP contribution >= 0.6 is 0 Å². The Morgan fingerprint density at radius 3 is 2.83 bits per heavy atom. The molecule has 0 radical (unpaired) electrons. The summed E-state index contributed by atoms with van der Waals surface area (Å²) in [6, 6.07) is 0. The predicted molar refractivity (Wildman–Crippen MR) is 47.9 cm³/mol. The Morgan fingerprint density at radius 2 is 2.08 bits per heavy atom. The molecule has 0 spiro atoms. The summed E-state index contributed by atoms with van der Waals surface area (Å²) < 4.78 is 5.93. The zero-order chi connectivity index (χ0) is 8.34. The maximum Gasteiger partial charge on any atom is 0.0613 e. The summed E-state index contributed by atoms with van der Waals surface area (Å²) in [6.07, 6.45) is 6.82. The van der Waals surface area contributed by atoms with Crippen molar-refractivity contribution in [2.45, 2.75) is 51.7 Å². The molecule has 0 amide bonds. The van der Waals surface area contributed by atoms with Crippen molar-refractivity contribution in [2.75, 3.05) is 0 Å². The Balaban J connectivity index is 1.87. The first-order valence-corrected chi connectivity index (χ1v) is 5.38. The Morgan fingerprint density at radius 1 is 1.25 bits per heavy atom. The van der Waals surface area contributed by atoms with E-state index in [9.17, 15) is 0 Å². The van der Waals surface area contributed by atoms with Gasteiger partial charge in [-0.15, -0.1) is 0 Å². The first kappa shape index (κ1) is 7.37. The van der Waals surface area contributed by atoms with E-state index < -0.39 is 0 Å². The molecule has 2 bridgehead atoms. The maximum absolute atomic E-state index is 5.93. The minimum absolute atomic E-state index is 0.635. The zero-order valence-electron chi connectivity index (χ0n) is 8.05. The summed E-state index contributed by atoms with van der Waals surface area (Å²) in [4.78, 5) is 0. The van der Waals surface area contributed by atoms with Gasteiger partial charge in [0.15, 0.2) is 0 Å². The number of fused-ring (bicyclic) bond motifs is 4. The summed E-state index contributed by atoms with van der Waals surface area (Å²) in [5.41, 5.74) is 0.726. The Kier molecular flexibility index (Phi) is 1.27. The van der Waals surface area contributed by atoms with Gasteiger partial charge in [0, 0.05) is 0 Å². The summed E-state index contributed by atoms with van der Waals surface area (Å²) >= 11 is 0. The van der Waals surface area contributed by atoms with Gasteiger partial charge < -0.3 is 4.74 Å². The predicted octanol–water partition coefficient (Wildman–Crippen LogP) is 2.60. The van der Waals surface area contributed by atoms with E-state index >= 15 is 0 Å². The quantitative estimate of drug-likeness (QED) is 0.582. The van der Waals surface area contributed by atoms with Crippen molar-refractivity contribution in [3.8, 4) is 0 Å². The molecule has 0 N–H and O–H groups in total. The van der Waals surface area contributed by atoms with Crippen LogP contribution in [-0.4, -0.2) is 12.2 Å². The van der Waals surface area contributed by atoms with Gasteiger partial charge in [-0.3, -0.25) is 0 Å².